The van der Waals surface area contributed by atoms with Gasteiger partial charge >= 0.3 is 0 Å². The maximum Gasteiger partial charge on any atom is 0.0945 e. The first kappa shape index (κ1) is 10.1. The van der Waals surface area contributed by atoms with Crippen LogP contribution in [0.4, 0.5) is 0 Å². The molecule has 0 aliphatic heterocycles. The third-order valence-electron chi connectivity index (χ3n) is 2.11. The summed E-state index contributed by atoms with van der Waals surface area (Å²) in [5, 5.41) is 26.2. The van der Waals surface area contributed by atoms with Crippen molar-refractivity contribution in [2.45, 2.75) is 39.0 Å². The van der Waals surface area contributed by atoms with Gasteiger partial charge in [-0.1, -0.05) is 5.21 Å². The van der Waals surface area contributed by atoms with Crippen LogP contribution in [-0.4, -0.2) is 31.3 Å². The smallest absolute Gasteiger partial charge is 0.0945 e. The van der Waals surface area contributed by atoms with Crippen LogP contribution in [0, 0.1) is 0 Å². The molecule has 2 N–H and O–H groups in total. The van der Waals surface area contributed by atoms with Crippen molar-refractivity contribution in [3.63, 3.8) is 0 Å². The standard InChI is InChI=1S/C8H15N3O2/c1-5(6(2)12)11-8(7(3)13)4-9-10-11/h4-7,12-13H,1-3H3. The van der Waals surface area contributed by atoms with Gasteiger partial charge in [0.25, 0.3) is 0 Å². The molecule has 0 spiro atoms. The Balaban J connectivity index is 2.93. The van der Waals surface area contributed by atoms with Gasteiger partial charge in [-0.05, 0) is 20.8 Å². The zero-order valence-corrected chi connectivity index (χ0v) is 8.05. The molecule has 3 atom stereocenters. The van der Waals surface area contributed by atoms with E-state index in [-0.39, 0.29) is 6.04 Å². The molecule has 1 rings (SSSR count). The minimum Gasteiger partial charge on any atom is -0.391 e. The molecular formula is C8H15N3O2. The van der Waals surface area contributed by atoms with E-state index in [0.717, 1.165) is 0 Å². The fourth-order valence-corrected chi connectivity index (χ4v) is 1.07. The topological polar surface area (TPSA) is 71.2 Å². The van der Waals surface area contributed by atoms with Crippen LogP contribution >= 0.6 is 0 Å². The lowest BCUT2D eigenvalue weighted by Gasteiger charge is -2.17. The second-order valence-electron chi connectivity index (χ2n) is 3.26. The third-order valence-corrected chi connectivity index (χ3v) is 2.11. The predicted molar refractivity (Wildman–Crippen MR) is 47.0 cm³/mol. The van der Waals surface area contributed by atoms with E-state index < -0.39 is 12.2 Å². The summed E-state index contributed by atoms with van der Waals surface area (Å²) in [5.41, 5.74) is 0.619. The van der Waals surface area contributed by atoms with Crippen LogP contribution in [0.2, 0.25) is 0 Å². The van der Waals surface area contributed by atoms with Gasteiger partial charge in [-0.25, -0.2) is 4.68 Å². The molecule has 0 saturated heterocycles. The van der Waals surface area contributed by atoms with Crippen molar-refractivity contribution >= 4 is 0 Å². The zero-order valence-electron chi connectivity index (χ0n) is 8.05. The molecule has 5 nitrogen and oxygen atoms in total. The van der Waals surface area contributed by atoms with Crippen LogP contribution in [0.5, 0.6) is 0 Å². The van der Waals surface area contributed by atoms with Gasteiger partial charge in [0.05, 0.1) is 30.1 Å². The predicted octanol–water partition coefficient (Wildman–Crippen LogP) is 0.273. The number of nitrogens with zero attached hydrogens (tertiary/aromatic N) is 3. The number of rotatable bonds is 3. The summed E-state index contributed by atoms with van der Waals surface area (Å²) in [6.07, 6.45) is 0.374. The molecular weight excluding hydrogens is 170 g/mol. The minimum absolute atomic E-state index is 0.174. The highest BCUT2D eigenvalue weighted by Crippen LogP contribution is 2.16. The molecule has 0 amide bonds. The van der Waals surface area contributed by atoms with Crippen molar-refractivity contribution in [1.82, 2.24) is 15.0 Å². The molecule has 1 aromatic rings. The Morgan fingerprint density at radius 3 is 2.38 bits per heavy atom. The molecule has 0 fully saturated rings. The van der Waals surface area contributed by atoms with E-state index in [9.17, 15) is 10.2 Å². The summed E-state index contributed by atoms with van der Waals surface area (Å²) in [6.45, 7) is 5.15. The summed E-state index contributed by atoms with van der Waals surface area (Å²) in [7, 11) is 0. The lowest BCUT2D eigenvalue weighted by molar-refractivity contribution is 0.119. The highest BCUT2D eigenvalue weighted by molar-refractivity contribution is 4.99. The number of hydrogen-bond acceptors (Lipinski definition) is 4. The molecule has 1 heterocycles. The summed E-state index contributed by atoms with van der Waals surface area (Å²) in [4.78, 5) is 0. The maximum absolute atomic E-state index is 9.34. The molecule has 0 saturated carbocycles. The third kappa shape index (κ3) is 2.05. The van der Waals surface area contributed by atoms with Gasteiger partial charge < -0.3 is 10.2 Å². The lowest BCUT2D eigenvalue weighted by Crippen LogP contribution is -2.22. The maximum atomic E-state index is 9.34. The van der Waals surface area contributed by atoms with Crippen LogP contribution < -0.4 is 0 Å². The fourth-order valence-electron chi connectivity index (χ4n) is 1.07. The second-order valence-corrected chi connectivity index (χ2v) is 3.26. The molecule has 5 heteroatoms. The molecule has 0 aliphatic carbocycles. The molecule has 0 bridgehead atoms. The van der Waals surface area contributed by atoms with Crippen molar-refractivity contribution in [2.75, 3.05) is 0 Å². The van der Waals surface area contributed by atoms with Gasteiger partial charge in [-0.3, -0.25) is 0 Å². The average Bonchev–Trinajstić information content (AvgIpc) is 2.50. The van der Waals surface area contributed by atoms with E-state index in [2.05, 4.69) is 10.3 Å². The second kappa shape index (κ2) is 3.85. The molecule has 0 aromatic carbocycles. The Morgan fingerprint density at radius 1 is 1.31 bits per heavy atom. The highest BCUT2D eigenvalue weighted by atomic mass is 16.3. The molecule has 74 valence electrons. The van der Waals surface area contributed by atoms with Crippen molar-refractivity contribution in [3.05, 3.63) is 11.9 Å². The molecule has 3 unspecified atom stereocenters. The highest BCUT2D eigenvalue weighted by Gasteiger charge is 2.17. The average molecular weight is 185 g/mol. The van der Waals surface area contributed by atoms with E-state index >= 15 is 0 Å². The largest absolute Gasteiger partial charge is 0.391 e. The van der Waals surface area contributed by atoms with Crippen LogP contribution in [-0.2, 0) is 0 Å². The number of aliphatic hydroxyl groups is 2. The Labute approximate surface area is 77.0 Å². The zero-order chi connectivity index (χ0) is 10.0. The SMILES string of the molecule is CC(O)c1cnnn1C(C)C(C)O. The molecule has 1 aromatic heterocycles. The first-order chi connectivity index (χ1) is 6.04. The van der Waals surface area contributed by atoms with Crippen molar-refractivity contribution in [3.8, 4) is 0 Å². The minimum atomic E-state index is -0.615. The number of hydrogen-bond donors (Lipinski definition) is 2. The monoisotopic (exact) mass is 185 g/mol. The van der Waals surface area contributed by atoms with Gasteiger partial charge in [0.2, 0.25) is 0 Å². The summed E-state index contributed by atoms with van der Waals surface area (Å²) in [5.74, 6) is 0. The molecule has 0 aliphatic rings. The van der Waals surface area contributed by atoms with Crippen LogP contribution in [0.3, 0.4) is 0 Å². The van der Waals surface area contributed by atoms with E-state index in [0.29, 0.717) is 5.69 Å². The van der Waals surface area contributed by atoms with Crippen molar-refractivity contribution < 1.29 is 10.2 Å². The van der Waals surface area contributed by atoms with Crippen LogP contribution in [0.1, 0.15) is 38.6 Å². The number of aliphatic hydroxyl groups excluding tert-OH is 2. The molecule has 0 radical (unpaired) electrons. The lowest BCUT2D eigenvalue weighted by atomic mass is 10.2. The van der Waals surface area contributed by atoms with Gasteiger partial charge in [-0.15, -0.1) is 5.10 Å². The quantitative estimate of drug-likeness (QED) is 0.709. The van der Waals surface area contributed by atoms with Crippen molar-refractivity contribution in [2.24, 2.45) is 0 Å². The first-order valence-electron chi connectivity index (χ1n) is 4.30. The normalized spacial score (nSPS) is 18.2. The van der Waals surface area contributed by atoms with Crippen molar-refractivity contribution in [1.29, 1.82) is 0 Å². The Bertz CT molecular complexity index is 270. The van der Waals surface area contributed by atoms with E-state index in [1.165, 1.54) is 10.9 Å². The van der Waals surface area contributed by atoms with Gasteiger partial charge in [0.15, 0.2) is 0 Å². The summed E-state index contributed by atoms with van der Waals surface area (Å²) >= 11 is 0. The Hall–Kier alpha value is -0.940. The fraction of sp³-hybridized carbons (Fsp3) is 0.750. The van der Waals surface area contributed by atoms with E-state index in [4.69, 9.17) is 0 Å². The number of aromatic nitrogens is 3. The van der Waals surface area contributed by atoms with Crippen LogP contribution in [0.25, 0.3) is 0 Å². The van der Waals surface area contributed by atoms with E-state index in [1.54, 1.807) is 13.8 Å². The van der Waals surface area contributed by atoms with Gasteiger partial charge in [0.1, 0.15) is 0 Å². The van der Waals surface area contributed by atoms with E-state index in [1.807, 2.05) is 6.92 Å². The van der Waals surface area contributed by atoms with Gasteiger partial charge in [-0.2, -0.15) is 0 Å². The summed E-state index contributed by atoms with van der Waals surface area (Å²) in [6, 6.07) is -0.174. The summed E-state index contributed by atoms with van der Waals surface area (Å²) < 4.78 is 1.54. The Kier molecular flexibility index (Phi) is 3.00. The Morgan fingerprint density at radius 2 is 1.92 bits per heavy atom. The van der Waals surface area contributed by atoms with Crippen LogP contribution in [0.15, 0.2) is 6.20 Å². The molecule has 13 heavy (non-hydrogen) atoms. The van der Waals surface area contributed by atoms with Gasteiger partial charge in [0, 0.05) is 0 Å². The first-order valence-corrected chi connectivity index (χ1v) is 4.30.